The van der Waals surface area contributed by atoms with Gasteiger partial charge in [-0.15, -0.1) is 0 Å². The zero-order chi connectivity index (χ0) is 9.97. The molecule has 2 heterocycles. The minimum Gasteiger partial charge on any atom is -0.381 e. The predicted octanol–water partition coefficient (Wildman–Crippen LogP) is 1.90. The number of hydrogen-bond acceptors (Lipinski definition) is 2. The molecule has 1 fully saturated rings. The van der Waals surface area contributed by atoms with Crippen LogP contribution in [0.25, 0.3) is 0 Å². The van der Waals surface area contributed by atoms with Crippen LogP contribution >= 0.6 is 0 Å². The van der Waals surface area contributed by atoms with E-state index in [9.17, 15) is 4.79 Å². The predicted molar refractivity (Wildman–Crippen MR) is 53.5 cm³/mol. The van der Waals surface area contributed by atoms with Gasteiger partial charge in [0.05, 0.1) is 12.3 Å². The molecule has 0 aromatic carbocycles. The average Bonchev–Trinajstić information content (AvgIpc) is 2.66. The largest absolute Gasteiger partial charge is 0.381 e. The maximum atomic E-state index is 10.8. The number of rotatable bonds is 2. The Kier molecular flexibility index (Phi) is 2.68. The third-order valence-corrected chi connectivity index (χ3v) is 2.89. The summed E-state index contributed by atoms with van der Waals surface area (Å²) in [5, 5.41) is 0. The van der Waals surface area contributed by atoms with Crippen LogP contribution in [-0.4, -0.2) is 24.1 Å². The number of aldehydes is 1. The molecule has 3 nitrogen and oxygen atoms in total. The molecule has 0 amide bonds. The molecule has 76 valence electrons. The highest BCUT2D eigenvalue weighted by molar-refractivity contribution is 5.72. The van der Waals surface area contributed by atoms with E-state index in [4.69, 9.17) is 4.74 Å². The first-order valence-corrected chi connectivity index (χ1v) is 5.02. The fourth-order valence-corrected chi connectivity index (χ4v) is 2.09. The van der Waals surface area contributed by atoms with Gasteiger partial charge in [-0.1, -0.05) is 6.92 Å². The maximum Gasteiger partial charge on any atom is 0.166 e. The van der Waals surface area contributed by atoms with E-state index >= 15 is 0 Å². The number of nitrogens with zero attached hydrogens (tertiary/aromatic N) is 1. The fraction of sp³-hybridized carbons (Fsp3) is 0.545. The van der Waals surface area contributed by atoms with Crippen LogP contribution in [0, 0.1) is 5.92 Å². The van der Waals surface area contributed by atoms with Crippen LogP contribution in [0.3, 0.4) is 0 Å². The molecule has 1 aromatic rings. The quantitative estimate of drug-likeness (QED) is 0.672. The van der Waals surface area contributed by atoms with Crippen molar-refractivity contribution in [2.75, 3.05) is 13.2 Å². The second kappa shape index (κ2) is 3.96. The molecule has 14 heavy (non-hydrogen) atoms. The molecule has 2 unspecified atom stereocenters. The molecule has 1 aromatic heterocycles. The Hall–Kier alpha value is -1.09. The van der Waals surface area contributed by atoms with E-state index < -0.39 is 0 Å². The van der Waals surface area contributed by atoms with Gasteiger partial charge in [-0.25, -0.2) is 0 Å². The van der Waals surface area contributed by atoms with E-state index in [1.165, 1.54) is 0 Å². The van der Waals surface area contributed by atoms with Crippen molar-refractivity contribution in [1.82, 2.24) is 4.57 Å². The van der Waals surface area contributed by atoms with Crippen molar-refractivity contribution in [1.29, 1.82) is 0 Å². The molecular weight excluding hydrogens is 178 g/mol. The van der Waals surface area contributed by atoms with E-state index in [1.54, 1.807) is 0 Å². The SMILES string of the molecule is CC1COCCC1n1cccc1C=O. The molecule has 1 aliphatic rings. The van der Waals surface area contributed by atoms with Gasteiger partial charge in [-0.05, 0) is 18.6 Å². The minimum absolute atomic E-state index is 0.416. The van der Waals surface area contributed by atoms with Crippen LogP contribution in [0.1, 0.15) is 29.9 Å². The third kappa shape index (κ3) is 1.60. The van der Waals surface area contributed by atoms with Crippen LogP contribution < -0.4 is 0 Å². The van der Waals surface area contributed by atoms with Crippen molar-refractivity contribution in [3.05, 3.63) is 24.0 Å². The lowest BCUT2D eigenvalue weighted by atomic mass is 9.97. The van der Waals surface area contributed by atoms with Crippen LogP contribution in [-0.2, 0) is 4.74 Å². The monoisotopic (exact) mass is 193 g/mol. The summed E-state index contributed by atoms with van der Waals surface area (Å²) in [4.78, 5) is 10.8. The molecule has 0 saturated carbocycles. The van der Waals surface area contributed by atoms with Gasteiger partial charge < -0.3 is 9.30 Å². The van der Waals surface area contributed by atoms with Crippen LogP contribution in [0.5, 0.6) is 0 Å². The summed E-state index contributed by atoms with van der Waals surface area (Å²) in [6, 6.07) is 4.19. The number of ether oxygens (including phenoxy) is 1. The van der Waals surface area contributed by atoms with Crippen molar-refractivity contribution >= 4 is 6.29 Å². The highest BCUT2D eigenvalue weighted by Crippen LogP contribution is 2.27. The first-order valence-electron chi connectivity index (χ1n) is 5.02. The van der Waals surface area contributed by atoms with E-state index in [2.05, 4.69) is 11.5 Å². The van der Waals surface area contributed by atoms with E-state index in [-0.39, 0.29) is 0 Å². The second-order valence-corrected chi connectivity index (χ2v) is 3.87. The first-order chi connectivity index (χ1) is 6.83. The highest BCUT2D eigenvalue weighted by atomic mass is 16.5. The summed E-state index contributed by atoms with van der Waals surface area (Å²) in [5.74, 6) is 0.481. The standard InChI is InChI=1S/C11H15NO2/c1-9-8-14-6-4-11(9)12-5-2-3-10(12)7-13/h2-3,5,7,9,11H,4,6,8H2,1H3. The highest BCUT2D eigenvalue weighted by Gasteiger charge is 2.24. The zero-order valence-electron chi connectivity index (χ0n) is 8.35. The fourth-order valence-electron chi connectivity index (χ4n) is 2.09. The summed E-state index contributed by atoms with van der Waals surface area (Å²) >= 11 is 0. The van der Waals surface area contributed by atoms with E-state index in [0.29, 0.717) is 12.0 Å². The Labute approximate surface area is 83.7 Å². The van der Waals surface area contributed by atoms with Crippen molar-refractivity contribution in [2.45, 2.75) is 19.4 Å². The molecule has 1 aliphatic heterocycles. The van der Waals surface area contributed by atoms with Gasteiger partial charge in [0.1, 0.15) is 0 Å². The molecule has 0 radical (unpaired) electrons. The number of aromatic nitrogens is 1. The second-order valence-electron chi connectivity index (χ2n) is 3.87. The summed E-state index contributed by atoms with van der Waals surface area (Å²) in [7, 11) is 0. The summed E-state index contributed by atoms with van der Waals surface area (Å²) in [5.41, 5.74) is 0.767. The normalized spacial score (nSPS) is 27.5. The number of carbonyl (C=O) groups excluding carboxylic acids is 1. The van der Waals surface area contributed by atoms with Gasteiger partial charge in [0, 0.05) is 24.8 Å². The molecule has 1 saturated heterocycles. The molecule has 0 aliphatic carbocycles. The van der Waals surface area contributed by atoms with E-state index in [0.717, 1.165) is 31.6 Å². The molecule has 0 bridgehead atoms. The molecule has 3 heteroatoms. The molecule has 0 spiro atoms. The Morgan fingerprint density at radius 2 is 2.50 bits per heavy atom. The minimum atomic E-state index is 0.416. The molecule has 0 N–H and O–H groups in total. The van der Waals surface area contributed by atoms with Crippen molar-refractivity contribution in [3.63, 3.8) is 0 Å². The smallest absolute Gasteiger partial charge is 0.166 e. The van der Waals surface area contributed by atoms with Gasteiger partial charge in [0.2, 0.25) is 0 Å². The van der Waals surface area contributed by atoms with Crippen molar-refractivity contribution in [3.8, 4) is 0 Å². The van der Waals surface area contributed by atoms with Gasteiger partial charge in [-0.2, -0.15) is 0 Å². The lowest BCUT2D eigenvalue weighted by Gasteiger charge is -2.30. The van der Waals surface area contributed by atoms with Gasteiger partial charge >= 0.3 is 0 Å². The maximum absolute atomic E-state index is 10.8. The van der Waals surface area contributed by atoms with Crippen molar-refractivity contribution in [2.24, 2.45) is 5.92 Å². The van der Waals surface area contributed by atoms with Crippen LogP contribution in [0.2, 0.25) is 0 Å². The van der Waals surface area contributed by atoms with Crippen LogP contribution in [0.4, 0.5) is 0 Å². The lowest BCUT2D eigenvalue weighted by molar-refractivity contribution is 0.0282. The lowest BCUT2D eigenvalue weighted by Crippen LogP contribution is -2.28. The Balaban J connectivity index is 2.24. The van der Waals surface area contributed by atoms with Gasteiger partial charge in [0.25, 0.3) is 0 Å². The summed E-state index contributed by atoms with van der Waals surface area (Å²) in [6.45, 7) is 3.75. The number of carbonyl (C=O) groups is 1. The van der Waals surface area contributed by atoms with Gasteiger partial charge in [0.15, 0.2) is 6.29 Å². The Bertz CT molecular complexity index is 319. The topological polar surface area (TPSA) is 31.2 Å². The summed E-state index contributed by atoms with van der Waals surface area (Å²) in [6.07, 6.45) is 3.90. The van der Waals surface area contributed by atoms with E-state index in [1.807, 2.05) is 18.3 Å². The Morgan fingerprint density at radius 3 is 3.21 bits per heavy atom. The molecule has 2 rings (SSSR count). The number of hydrogen-bond donors (Lipinski definition) is 0. The zero-order valence-corrected chi connectivity index (χ0v) is 8.35. The Morgan fingerprint density at radius 1 is 1.64 bits per heavy atom. The third-order valence-electron chi connectivity index (χ3n) is 2.89. The molecule has 2 atom stereocenters. The average molecular weight is 193 g/mol. The van der Waals surface area contributed by atoms with Gasteiger partial charge in [-0.3, -0.25) is 4.79 Å². The first kappa shape index (κ1) is 9.46. The molecular formula is C11H15NO2. The summed E-state index contributed by atoms with van der Waals surface area (Å²) < 4.78 is 7.45. The van der Waals surface area contributed by atoms with Crippen LogP contribution in [0.15, 0.2) is 18.3 Å². The van der Waals surface area contributed by atoms with Crippen molar-refractivity contribution < 1.29 is 9.53 Å².